The largest absolute Gasteiger partial charge is 0.497 e. The van der Waals surface area contributed by atoms with E-state index in [9.17, 15) is 10.1 Å². The molecule has 9 rings (SSSR count). The van der Waals surface area contributed by atoms with E-state index >= 15 is 0 Å². The van der Waals surface area contributed by atoms with Crippen LogP contribution in [-0.4, -0.2) is 53.3 Å². The molecule has 7 aromatic rings. The molecule has 0 amide bonds. The lowest BCUT2D eigenvalue weighted by Crippen LogP contribution is -1.98. The van der Waals surface area contributed by atoms with Crippen LogP contribution in [0.25, 0.3) is 90.5 Å². The fraction of sp³-hybridized carbons (Fsp3) is 0.0833. The minimum atomic E-state index is -0.381. The molecular weight excluding hydrogens is 743 g/mol. The molecule has 59 heavy (non-hydrogen) atoms. The number of aromatic amines is 2. The van der Waals surface area contributed by atoms with E-state index in [0.717, 1.165) is 55.9 Å². The lowest BCUT2D eigenvalue weighted by Gasteiger charge is -2.08. The third kappa shape index (κ3) is 6.74. The molecule has 0 fully saturated rings. The van der Waals surface area contributed by atoms with E-state index in [-0.39, 0.29) is 16.3 Å². The lowest BCUT2D eigenvalue weighted by molar-refractivity contribution is -0.374. The Morgan fingerprint density at radius 1 is 0.441 bits per heavy atom. The van der Waals surface area contributed by atoms with Crippen molar-refractivity contribution in [1.29, 1.82) is 0 Å². The van der Waals surface area contributed by atoms with Crippen LogP contribution in [0, 0.1) is 10.1 Å². The molecule has 0 aliphatic carbocycles. The highest BCUT2D eigenvalue weighted by atomic mass is 16.6. The number of aromatic nitrogens is 4. The van der Waals surface area contributed by atoms with Crippen molar-refractivity contribution in [2.75, 3.05) is 28.4 Å². The summed E-state index contributed by atoms with van der Waals surface area (Å²) in [7, 11) is 6.48. The van der Waals surface area contributed by atoms with Crippen molar-refractivity contribution < 1.29 is 23.9 Å². The standard InChI is InChI=1S/C48H37N5O6/c1-56-32-13-5-28(6-14-32)44-36-21-22-37(49-36)45(29-7-15-33(57-2)16-8-29)39-25-26-41(51-39)47(31-11-19-35(59-4)20-12-31)48-43(53(54)55)27-42(52-48)46(40-24-23-38(44)50-40)30-9-17-34(58-3)18-10-30/h5-27,49,51H,1-4H3. The first-order chi connectivity index (χ1) is 28.8. The molecule has 8 bridgehead atoms. The van der Waals surface area contributed by atoms with Gasteiger partial charge in [-0.1, -0.05) is 48.5 Å². The van der Waals surface area contributed by atoms with Gasteiger partial charge in [-0.3, -0.25) is 10.1 Å². The molecule has 0 saturated heterocycles. The molecule has 2 aliphatic rings. The predicted molar refractivity (Wildman–Crippen MR) is 233 cm³/mol. The number of nitro groups is 1. The molecule has 11 heteroatoms. The van der Waals surface area contributed by atoms with Crippen molar-refractivity contribution in [2.45, 2.75) is 0 Å². The Bertz CT molecular complexity index is 2980. The fourth-order valence-corrected chi connectivity index (χ4v) is 7.65. The first kappa shape index (κ1) is 36.7. The molecule has 4 aromatic carbocycles. The number of hydrogen-bond acceptors (Lipinski definition) is 8. The van der Waals surface area contributed by atoms with Gasteiger partial charge in [0.25, 0.3) is 5.70 Å². The summed E-state index contributed by atoms with van der Waals surface area (Å²) in [6, 6.07) is 38.7. The van der Waals surface area contributed by atoms with Gasteiger partial charge in [-0.25, -0.2) is 9.97 Å². The average Bonchev–Trinajstić information content (AvgIpc) is 4.12. The van der Waals surface area contributed by atoms with Crippen molar-refractivity contribution in [2.24, 2.45) is 0 Å². The Morgan fingerprint density at radius 3 is 1.22 bits per heavy atom. The van der Waals surface area contributed by atoms with Crippen molar-refractivity contribution >= 4 is 46.0 Å². The Morgan fingerprint density at radius 2 is 0.797 bits per heavy atom. The summed E-state index contributed by atoms with van der Waals surface area (Å²) in [5.41, 5.74) is 11.0. The van der Waals surface area contributed by atoms with Gasteiger partial charge in [0, 0.05) is 50.4 Å². The summed E-state index contributed by atoms with van der Waals surface area (Å²) < 4.78 is 22.0. The monoisotopic (exact) mass is 779 g/mol. The van der Waals surface area contributed by atoms with Gasteiger partial charge in [-0.05, 0) is 107 Å². The van der Waals surface area contributed by atoms with E-state index in [1.807, 2.05) is 121 Å². The van der Waals surface area contributed by atoms with Crippen LogP contribution in [0.5, 0.6) is 23.0 Å². The van der Waals surface area contributed by atoms with Crippen LogP contribution in [0.3, 0.4) is 0 Å². The minimum Gasteiger partial charge on any atom is -0.497 e. The van der Waals surface area contributed by atoms with Crippen LogP contribution in [-0.2, 0) is 0 Å². The first-order valence-electron chi connectivity index (χ1n) is 18.8. The molecule has 11 nitrogen and oxygen atoms in total. The maximum Gasteiger partial charge on any atom is 0.297 e. The minimum absolute atomic E-state index is 0.150. The van der Waals surface area contributed by atoms with E-state index in [4.69, 9.17) is 28.9 Å². The van der Waals surface area contributed by atoms with E-state index in [1.165, 1.54) is 6.08 Å². The number of methoxy groups -OCH3 is 4. The third-order valence-corrected chi connectivity index (χ3v) is 10.6. The van der Waals surface area contributed by atoms with Gasteiger partial charge in [0.15, 0.2) is 5.69 Å². The number of H-pyrrole nitrogens is 2. The second kappa shape index (κ2) is 15.2. The van der Waals surface area contributed by atoms with Crippen LogP contribution in [0.15, 0.2) is 121 Å². The number of fused-ring (bicyclic) bond motifs is 8. The van der Waals surface area contributed by atoms with Gasteiger partial charge in [-0.2, -0.15) is 0 Å². The zero-order chi connectivity index (χ0) is 40.6. The molecule has 2 aliphatic heterocycles. The Labute approximate surface area is 339 Å². The smallest absolute Gasteiger partial charge is 0.297 e. The van der Waals surface area contributed by atoms with E-state index in [1.54, 1.807) is 28.4 Å². The van der Waals surface area contributed by atoms with Crippen LogP contribution in [0.1, 0.15) is 22.8 Å². The molecule has 0 atom stereocenters. The van der Waals surface area contributed by atoms with Crippen LogP contribution < -0.4 is 18.9 Å². The number of nitrogens with one attached hydrogen (secondary N) is 2. The quantitative estimate of drug-likeness (QED) is 0.109. The fourth-order valence-electron chi connectivity index (χ4n) is 7.65. The summed E-state index contributed by atoms with van der Waals surface area (Å²) in [6.07, 6.45) is 5.43. The highest BCUT2D eigenvalue weighted by molar-refractivity contribution is 6.01. The second-order valence-corrected chi connectivity index (χ2v) is 13.8. The molecule has 2 N–H and O–H groups in total. The molecule has 3 aromatic heterocycles. The van der Waals surface area contributed by atoms with Crippen molar-refractivity contribution in [1.82, 2.24) is 19.9 Å². The maximum atomic E-state index is 13.1. The summed E-state index contributed by atoms with van der Waals surface area (Å²) in [5, 5.41) is 13.1. The van der Waals surface area contributed by atoms with Crippen molar-refractivity contribution in [3.8, 4) is 67.5 Å². The molecule has 5 heterocycles. The number of nitrogens with zero attached hydrogens (tertiary/aromatic N) is 3. The highest BCUT2D eigenvalue weighted by Crippen LogP contribution is 2.41. The zero-order valence-corrected chi connectivity index (χ0v) is 32.6. The van der Waals surface area contributed by atoms with Gasteiger partial charge in [0.05, 0.1) is 50.4 Å². The number of benzene rings is 4. The van der Waals surface area contributed by atoms with Gasteiger partial charge >= 0.3 is 0 Å². The maximum absolute atomic E-state index is 13.1. The van der Waals surface area contributed by atoms with E-state index in [0.29, 0.717) is 50.8 Å². The van der Waals surface area contributed by atoms with Gasteiger partial charge in [-0.15, -0.1) is 0 Å². The molecule has 0 radical (unpaired) electrons. The van der Waals surface area contributed by atoms with Gasteiger partial charge < -0.3 is 28.9 Å². The molecule has 0 saturated carbocycles. The molecule has 0 spiro atoms. The number of ether oxygens (including phenoxy) is 4. The average molecular weight is 780 g/mol. The molecule has 0 unspecified atom stereocenters. The topological polar surface area (TPSA) is 137 Å². The predicted octanol–water partition coefficient (Wildman–Crippen LogP) is 11.0. The SMILES string of the molecule is COc1ccc(-c2c3nc(c(-c4ccc(OC)cc4)c4ccc([nH]4)c(-c4ccc(OC)cc4)c4ccc([nH]4)c(-c4ccc(OC)cc4)c4nc2C=C4[N+](=O)[O-])C=C3)cc1. The highest BCUT2D eigenvalue weighted by Gasteiger charge is 2.29. The zero-order valence-electron chi connectivity index (χ0n) is 32.6. The third-order valence-electron chi connectivity index (χ3n) is 10.6. The number of rotatable bonds is 9. The Balaban J connectivity index is 1.48. The molecule has 290 valence electrons. The van der Waals surface area contributed by atoms with E-state index in [2.05, 4.69) is 22.1 Å². The first-order valence-corrected chi connectivity index (χ1v) is 18.8. The normalized spacial score (nSPS) is 11.9. The van der Waals surface area contributed by atoms with Crippen LogP contribution in [0.2, 0.25) is 0 Å². The summed E-state index contributed by atoms with van der Waals surface area (Å²) in [4.78, 5) is 30.5. The van der Waals surface area contributed by atoms with Gasteiger partial charge in [0.2, 0.25) is 0 Å². The van der Waals surface area contributed by atoms with Crippen molar-refractivity contribution in [3.63, 3.8) is 0 Å². The molecular formula is C48H37N5O6. The van der Waals surface area contributed by atoms with Crippen LogP contribution in [0.4, 0.5) is 0 Å². The van der Waals surface area contributed by atoms with Crippen LogP contribution >= 0.6 is 0 Å². The van der Waals surface area contributed by atoms with E-state index < -0.39 is 0 Å². The Kier molecular flexibility index (Phi) is 9.46. The second-order valence-electron chi connectivity index (χ2n) is 13.8. The summed E-state index contributed by atoms with van der Waals surface area (Å²) >= 11 is 0. The number of hydrogen-bond donors (Lipinski definition) is 2. The van der Waals surface area contributed by atoms with Gasteiger partial charge in [0.1, 0.15) is 23.0 Å². The lowest BCUT2D eigenvalue weighted by atomic mass is 10.0. The summed E-state index contributed by atoms with van der Waals surface area (Å²) in [6.45, 7) is 0. The Hall–Kier alpha value is -7.92. The summed E-state index contributed by atoms with van der Waals surface area (Å²) in [5.74, 6) is 2.77. The van der Waals surface area contributed by atoms with Crippen molar-refractivity contribution in [3.05, 3.63) is 154 Å².